The predicted octanol–water partition coefficient (Wildman–Crippen LogP) is 0.297. The summed E-state index contributed by atoms with van der Waals surface area (Å²) in [5.74, 6) is -0.793. The van der Waals surface area contributed by atoms with Crippen LogP contribution in [0.4, 0.5) is 10.1 Å². The van der Waals surface area contributed by atoms with Gasteiger partial charge in [0.2, 0.25) is 5.91 Å². The summed E-state index contributed by atoms with van der Waals surface area (Å²) in [4.78, 5) is 14.0. The number of amides is 1. The topological polar surface area (TPSA) is 70.2 Å². The Kier molecular flexibility index (Phi) is 5.55. The van der Waals surface area contributed by atoms with E-state index < -0.39 is 16.0 Å². The van der Waals surface area contributed by atoms with Gasteiger partial charge in [-0.2, -0.15) is 12.7 Å². The summed E-state index contributed by atoms with van der Waals surface area (Å²) in [5, 5.41) is 0. The highest BCUT2D eigenvalue weighted by Gasteiger charge is 2.29. The highest BCUT2D eigenvalue weighted by atomic mass is 32.2. The molecule has 1 aromatic carbocycles. The normalized spacial score (nSPS) is 15.7. The Balaban J connectivity index is 2.26. The molecule has 1 amide bonds. The summed E-state index contributed by atoms with van der Waals surface area (Å²) in [6, 6.07) is 4.99. The molecule has 9 heteroatoms. The lowest BCUT2D eigenvalue weighted by Gasteiger charge is -2.31. The summed E-state index contributed by atoms with van der Waals surface area (Å²) >= 11 is 0. The van der Waals surface area contributed by atoms with E-state index in [4.69, 9.17) is 4.74 Å². The number of hydrogen-bond acceptors (Lipinski definition) is 4. The van der Waals surface area contributed by atoms with Crippen molar-refractivity contribution in [3.8, 4) is 0 Å². The molecule has 0 saturated carbocycles. The fraction of sp³-hybridized carbons (Fsp3) is 0.500. The van der Waals surface area contributed by atoms with E-state index in [2.05, 4.69) is 0 Å². The van der Waals surface area contributed by atoms with Gasteiger partial charge in [0, 0.05) is 27.2 Å². The molecule has 1 heterocycles. The molecule has 0 aliphatic carbocycles. The second-order valence-electron chi connectivity index (χ2n) is 5.27. The minimum atomic E-state index is -3.87. The fourth-order valence-corrected chi connectivity index (χ4v) is 3.20. The lowest BCUT2D eigenvalue weighted by atomic mass is 10.3. The molecular formula is C14H20FN3O4S. The van der Waals surface area contributed by atoms with Gasteiger partial charge in [0.05, 0.1) is 18.9 Å². The van der Waals surface area contributed by atoms with Crippen LogP contribution in [0.25, 0.3) is 0 Å². The third-order valence-corrected chi connectivity index (χ3v) is 5.32. The van der Waals surface area contributed by atoms with Crippen LogP contribution in [0.5, 0.6) is 0 Å². The van der Waals surface area contributed by atoms with Crippen molar-refractivity contribution < 1.29 is 22.3 Å². The average molecular weight is 345 g/mol. The molecule has 1 aromatic rings. The average Bonchev–Trinajstić information content (AvgIpc) is 2.54. The van der Waals surface area contributed by atoms with E-state index >= 15 is 0 Å². The van der Waals surface area contributed by atoms with Crippen molar-refractivity contribution in [2.24, 2.45) is 0 Å². The number of rotatable bonds is 5. The molecule has 2 rings (SSSR count). The van der Waals surface area contributed by atoms with E-state index in [0.29, 0.717) is 26.3 Å². The third-order valence-electron chi connectivity index (χ3n) is 3.50. The van der Waals surface area contributed by atoms with Crippen LogP contribution in [0.2, 0.25) is 0 Å². The summed E-state index contributed by atoms with van der Waals surface area (Å²) in [5.41, 5.74) is 0.238. The smallest absolute Gasteiger partial charge is 0.304 e. The Labute approximate surface area is 135 Å². The molecule has 1 aliphatic heterocycles. The number of ether oxygens (including phenoxy) is 1. The molecule has 0 atom stereocenters. The Morgan fingerprint density at radius 3 is 2.30 bits per heavy atom. The van der Waals surface area contributed by atoms with Crippen molar-refractivity contribution in [3.63, 3.8) is 0 Å². The van der Waals surface area contributed by atoms with Gasteiger partial charge in [0.15, 0.2) is 0 Å². The molecule has 0 N–H and O–H groups in total. The van der Waals surface area contributed by atoms with Gasteiger partial charge in [0.1, 0.15) is 12.4 Å². The maximum absolute atomic E-state index is 13.1. The molecule has 0 unspecified atom stereocenters. The van der Waals surface area contributed by atoms with Crippen LogP contribution in [0, 0.1) is 5.82 Å². The van der Waals surface area contributed by atoms with Gasteiger partial charge in [-0.15, -0.1) is 0 Å². The monoisotopic (exact) mass is 345 g/mol. The minimum Gasteiger partial charge on any atom is -0.378 e. The van der Waals surface area contributed by atoms with E-state index in [0.717, 1.165) is 20.7 Å². The van der Waals surface area contributed by atoms with E-state index in [1.54, 1.807) is 4.90 Å². The van der Waals surface area contributed by atoms with Crippen LogP contribution in [-0.4, -0.2) is 70.5 Å². The first kappa shape index (κ1) is 17.6. The largest absolute Gasteiger partial charge is 0.378 e. The van der Waals surface area contributed by atoms with Gasteiger partial charge in [-0.1, -0.05) is 0 Å². The standard InChI is InChI=1S/C14H20FN3O4S/c1-16(2)23(20,21)18(13-5-3-12(15)4-6-13)11-14(19)17-7-9-22-10-8-17/h3-6H,7-11H2,1-2H3. The predicted molar refractivity (Wildman–Crippen MR) is 83.8 cm³/mol. The molecule has 23 heavy (non-hydrogen) atoms. The van der Waals surface area contributed by atoms with Crippen molar-refractivity contribution in [1.82, 2.24) is 9.21 Å². The van der Waals surface area contributed by atoms with Crippen LogP contribution in [0.3, 0.4) is 0 Å². The van der Waals surface area contributed by atoms with E-state index in [1.807, 2.05) is 0 Å². The SMILES string of the molecule is CN(C)S(=O)(=O)N(CC(=O)N1CCOCC1)c1ccc(F)cc1. The zero-order valence-electron chi connectivity index (χ0n) is 13.1. The summed E-state index contributed by atoms with van der Waals surface area (Å²) in [7, 11) is -1.11. The van der Waals surface area contributed by atoms with Crippen molar-refractivity contribution in [2.75, 3.05) is 51.2 Å². The zero-order chi connectivity index (χ0) is 17.0. The second-order valence-corrected chi connectivity index (χ2v) is 7.33. The number of nitrogens with zero attached hydrogens (tertiary/aromatic N) is 3. The number of carbonyl (C=O) groups is 1. The Morgan fingerprint density at radius 2 is 1.78 bits per heavy atom. The van der Waals surface area contributed by atoms with Gasteiger partial charge >= 0.3 is 10.2 Å². The molecule has 1 fully saturated rings. The molecule has 0 aromatic heterocycles. The number of anilines is 1. The first-order valence-corrected chi connectivity index (χ1v) is 8.53. The van der Waals surface area contributed by atoms with Gasteiger partial charge in [-0.3, -0.25) is 4.79 Å². The van der Waals surface area contributed by atoms with Crippen LogP contribution in [0.1, 0.15) is 0 Å². The van der Waals surface area contributed by atoms with E-state index in [1.165, 1.54) is 26.2 Å². The Hall–Kier alpha value is -1.71. The zero-order valence-corrected chi connectivity index (χ0v) is 13.9. The van der Waals surface area contributed by atoms with Crippen LogP contribution in [-0.2, 0) is 19.7 Å². The van der Waals surface area contributed by atoms with Crippen molar-refractivity contribution in [1.29, 1.82) is 0 Å². The molecule has 0 radical (unpaired) electrons. The lowest BCUT2D eigenvalue weighted by molar-refractivity contribution is -0.133. The number of halogens is 1. The van der Waals surface area contributed by atoms with Gasteiger partial charge in [-0.05, 0) is 24.3 Å². The minimum absolute atomic E-state index is 0.238. The van der Waals surface area contributed by atoms with Crippen LogP contribution >= 0.6 is 0 Å². The van der Waals surface area contributed by atoms with Gasteiger partial charge in [0.25, 0.3) is 0 Å². The number of carbonyl (C=O) groups excluding carboxylic acids is 1. The van der Waals surface area contributed by atoms with Crippen molar-refractivity contribution >= 4 is 21.8 Å². The number of morpholine rings is 1. The van der Waals surface area contributed by atoms with E-state index in [9.17, 15) is 17.6 Å². The quantitative estimate of drug-likeness (QED) is 0.769. The Bertz CT molecular complexity index is 642. The number of hydrogen-bond donors (Lipinski definition) is 0. The molecule has 0 spiro atoms. The summed E-state index contributed by atoms with van der Waals surface area (Å²) in [6.45, 7) is 1.38. The molecule has 1 aliphatic rings. The highest BCUT2D eigenvalue weighted by Crippen LogP contribution is 2.20. The Morgan fingerprint density at radius 1 is 1.22 bits per heavy atom. The summed E-state index contributed by atoms with van der Waals surface area (Å²) in [6.07, 6.45) is 0. The van der Waals surface area contributed by atoms with E-state index in [-0.39, 0.29) is 18.1 Å². The molecular weight excluding hydrogens is 325 g/mol. The van der Waals surface area contributed by atoms with Gasteiger partial charge < -0.3 is 9.64 Å². The summed E-state index contributed by atoms with van der Waals surface area (Å²) < 4.78 is 45.3. The third kappa shape index (κ3) is 4.18. The van der Waals surface area contributed by atoms with Crippen molar-refractivity contribution in [3.05, 3.63) is 30.1 Å². The molecule has 0 bridgehead atoms. The first-order valence-electron chi connectivity index (χ1n) is 7.13. The molecule has 7 nitrogen and oxygen atoms in total. The first-order chi connectivity index (χ1) is 10.8. The fourth-order valence-electron chi connectivity index (χ4n) is 2.15. The molecule has 128 valence electrons. The van der Waals surface area contributed by atoms with Gasteiger partial charge in [-0.25, -0.2) is 8.70 Å². The number of benzene rings is 1. The lowest BCUT2D eigenvalue weighted by Crippen LogP contribution is -2.49. The van der Waals surface area contributed by atoms with Crippen molar-refractivity contribution in [2.45, 2.75) is 0 Å². The highest BCUT2D eigenvalue weighted by molar-refractivity contribution is 7.90. The molecule has 1 saturated heterocycles. The van der Waals surface area contributed by atoms with Crippen LogP contribution in [0.15, 0.2) is 24.3 Å². The maximum Gasteiger partial charge on any atom is 0.304 e. The second kappa shape index (κ2) is 7.24. The van der Waals surface area contributed by atoms with Crippen LogP contribution < -0.4 is 4.31 Å². The maximum atomic E-state index is 13.1.